The minimum Gasteiger partial charge on any atom is -0.494 e. The summed E-state index contributed by atoms with van der Waals surface area (Å²) in [5, 5.41) is 14.8. The van der Waals surface area contributed by atoms with Crippen LogP contribution in [-0.2, 0) is 0 Å². The number of carbonyl (C=O) groups is 1. The molecule has 3 aromatic rings. The first-order valence-corrected chi connectivity index (χ1v) is 8.74. The molecular weight excluding hydrogens is 354 g/mol. The number of rotatable bonds is 6. The number of hydrogen-bond donors (Lipinski definition) is 2. The van der Waals surface area contributed by atoms with Crippen LogP contribution in [0, 0.1) is 18.3 Å². The third-order valence-electron chi connectivity index (χ3n) is 3.78. The topological polar surface area (TPSA) is 99.9 Å². The zero-order valence-electron chi connectivity index (χ0n) is 15.6. The average molecular weight is 373 g/mol. The molecule has 1 aromatic heterocycles. The molecular formula is C21H19N5O2. The van der Waals surface area contributed by atoms with Crippen LogP contribution in [0.25, 0.3) is 0 Å². The molecule has 2 N–H and O–H groups in total. The lowest BCUT2D eigenvalue weighted by Gasteiger charge is -2.10. The Kier molecular flexibility index (Phi) is 5.82. The van der Waals surface area contributed by atoms with E-state index < -0.39 is 0 Å². The van der Waals surface area contributed by atoms with Crippen molar-refractivity contribution in [2.75, 3.05) is 17.2 Å². The van der Waals surface area contributed by atoms with E-state index in [0.717, 1.165) is 11.4 Å². The minimum atomic E-state index is -0.357. The number of benzene rings is 2. The van der Waals surface area contributed by atoms with Gasteiger partial charge in [-0.15, -0.1) is 0 Å². The Bertz CT molecular complexity index is 1010. The van der Waals surface area contributed by atoms with Crippen LogP contribution in [-0.4, -0.2) is 22.5 Å². The van der Waals surface area contributed by atoms with Crippen LogP contribution in [0.2, 0.25) is 0 Å². The zero-order valence-corrected chi connectivity index (χ0v) is 15.6. The molecule has 3 rings (SSSR count). The summed E-state index contributed by atoms with van der Waals surface area (Å²) in [7, 11) is 0. The fourth-order valence-corrected chi connectivity index (χ4v) is 2.52. The van der Waals surface area contributed by atoms with Crippen molar-refractivity contribution in [1.82, 2.24) is 9.97 Å². The first-order chi connectivity index (χ1) is 13.6. The van der Waals surface area contributed by atoms with Gasteiger partial charge < -0.3 is 15.4 Å². The molecule has 0 bridgehead atoms. The average Bonchev–Trinajstić information content (AvgIpc) is 2.70. The Labute approximate surface area is 163 Å². The highest BCUT2D eigenvalue weighted by molar-refractivity contribution is 6.03. The number of anilines is 3. The van der Waals surface area contributed by atoms with Gasteiger partial charge in [0, 0.05) is 17.4 Å². The van der Waals surface area contributed by atoms with Gasteiger partial charge in [0.25, 0.3) is 5.91 Å². The van der Waals surface area contributed by atoms with Crippen LogP contribution < -0.4 is 15.4 Å². The molecule has 7 nitrogen and oxygen atoms in total. The molecule has 0 saturated carbocycles. The molecule has 0 radical (unpaired) electrons. The zero-order chi connectivity index (χ0) is 19.9. The maximum atomic E-state index is 12.5. The summed E-state index contributed by atoms with van der Waals surface area (Å²) in [5.74, 6) is 1.42. The summed E-state index contributed by atoms with van der Waals surface area (Å²) >= 11 is 0. The quantitative estimate of drug-likeness (QED) is 0.676. The Hall–Kier alpha value is -3.92. The van der Waals surface area contributed by atoms with Gasteiger partial charge >= 0.3 is 0 Å². The van der Waals surface area contributed by atoms with Gasteiger partial charge in [-0.3, -0.25) is 4.79 Å². The van der Waals surface area contributed by atoms with Gasteiger partial charge in [0.2, 0.25) is 0 Å². The van der Waals surface area contributed by atoms with Crippen LogP contribution in [0.5, 0.6) is 5.75 Å². The van der Waals surface area contributed by atoms with Crippen molar-refractivity contribution >= 4 is 23.1 Å². The number of aromatic nitrogens is 2. The number of nitriles is 1. The van der Waals surface area contributed by atoms with E-state index in [1.54, 1.807) is 37.3 Å². The van der Waals surface area contributed by atoms with Gasteiger partial charge in [-0.05, 0) is 62.4 Å². The largest absolute Gasteiger partial charge is 0.494 e. The second-order valence-electron chi connectivity index (χ2n) is 5.91. The van der Waals surface area contributed by atoms with Gasteiger partial charge in [0.05, 0.1) is 18.2 Å². The van der Waals surface area contributed by atoms with E-state index in [0.29, 0.717) is 29.5 Å². The number of nitrogens with zero attached hydrogens (tertiary/aromatic N) is 3. The fraction of sp³-hybridized carbons (Fsp3) is 0.143. The first-order valence-electron chi connectivity index (χ1n) is 8.74. The van der Waals surface area contributed by atoms with Crippen molar-refractivity contribution in [3.8, 4) is 11.8 Å². The van der Waals surface area contributed by atoms with Crippen molar-refractivity contribution in [2.24, 2.45) is 0 Å². The highest BCUT2D eigenvalue weighted by Crippen LogP contribution is 2.20. The van der Waals surface area contributed by atoms with E-state index in [2.05, 4.69) is 20.6 Å². The van der Waals surface area contributed by atoms with Crippen molar-refractivity contribution in [1.29, 1.82) is 5.26 Å². The Morgan fingerprint density at radius 2 is 1.75 bits per heavy atom. The number of hydrogen-bond acceptors (Lipinski definition) is 6. The summed E-state index contributed by atoms with van der Waals surface area (Å²) in [6.45, 7) is 4.26. The molecule has 0 aliphatic rings. The van der Waals surface area contributed by atoms with Crippen LogP contribution in [0.4, 0.5) is 17.2 Å². The second kappa shape index (κ2) is 8.64. The van der Waals surface area contributed by atoms with Crippen molar-refractivity contribution in [3.05, 3.63) is 71.7 Å². The molecule has 1 amide bonds. The summed E-state index contributed by atoms with van der Waals surface area (Å²) in [4.78, 5) is 21.1. The molecule has 0 fully saturated rings. The van der Waals surface area contributed by atoms with Crippen LogP contribution >= 0.6 is 0 Å². The van der Waals surface area contributed by atoms with Crippen molar-refractivity contribution < 1.29 is 9.53 Å². The predicted molar refractivity (Wildman–Crippen MR) is 107 cm³/mol. The summed E-state index contributed by atoms with van der Waals surface area (Å²) in [5.41, 5.74) is 2.17. The van der Waals surface area contributed by atoms with Gasteiger partial charge in [0.1, 0.15) is 23.1 Å². The standard InChI is InChI=1S/C21H19N5O2/c1-3-28-18-10-8-16(9-11-18)25-20-12-19(23-14(2)24-20)21(27)26-17-6-4-15(13-22)5-7-17/h4-12H,3H2,1-2H3,(H,26,27)(H,23,24,25). The normalized spacial score (nSPS) is 10.0. The number of ether oxygens (including phenoxy) is 1. The second-order valence-corrected chi connectivity index (χ2v) is 5.91. The number of amides is 1. The van der Waals surface area contributed by atoms with Gasteiger partial charge in [-0.1, -0.05) is 0 Å². The molecule has 0 spiro atoms. The first kappa shape index (κ1) is 18.9. The third-order valence-corrected chi connectivity index (χ3v) is 3.78. The summed E-state index contributed by atoms with van der Waals surface area (Å²) < 4.78 is 5.43. The van der Waals surface area contributed by atoms with E-state index in [-0.39, 0.29) is 11.6 Å². The Morgan fingerprint density at radius 3 is 2.39 bits per heavy atom. The Morgan fingerprint density at radius 1 is 1.07 bits per heavy atom. The SMILES string of the molecule is CCOc1ccc(Nc2cc(C(=O)Nc3ccc(C#N)cc3)nc(C)n2)cc1. The lowest BCUT2D eigenvalue weighted by molar-refractivity contribution is 0.102. The van der Waals surface area contributed by atoms with E-state index in [9.17, 15) is 4.79 Å². The van der Waals surface area contributed by atoms with E-state index in [4.69, 9.17) is 10.00 Å². The molecule has 0 aliphatic carbocycles. The molecule has 2 aromatic carbocycles. The predicted octanol–water partition coefficient (Wildman–Crippen LogP) is 4.05. The number of carbonyl (C=O) groups excluding carboxylic acids is 1. The smallest absolute Gasteiger partial charge is 0.274 e. The maximum absolute atomic E-state index is 12.5. The summed E-state index contributed by atoms with van der Waals surface area (Å²) in [6.07, 6.45) is 0. The fourth-order valence-electron chi connectivity index (χ4n) is 2.52. The highest BCUT2D eigenvalue weighted by atomic mass is 16.5. The number of nitrogens with one attached hydrogen (secondary N) is 2. The van der Waals surface area contributed by atoms with Gasteiger partial charge in [0.15, 0.2) is 0 Å². The van der Waals surface area contributed by atoms with E-state index in [1.807, 2.05) is 37.3 Å². The lowest BCUT2D eigenvalue weighted by atomic mass is 10.2. The molecule has 0 atom stereocenters. The molecule has 0 unspecified atom stereocenters. The molecule has 1 heterocycles. The van der Waals surface area contributed by atoms with Gasteiger partial charge in [-0.25, -0.2) is 9.97 Å². The van der Waals surface area contributed by atoms with E-state index in [1.165, 1.54) is 0 Å². The molecule has 0 saturated heterocycles. The summed E-state index contributed by atoms with van der Waals surface area (Å²) in [6, 6.07) is 17.7. The molecule has 0 aliphatic heterocycles. The van der Waals surface area contributed by atoms with Crippen LogP contribution in [0.3, 0.4) is 0 Å². The Balaban J connectivity index is 1.74. The number of aryl methyl sites for hydroxylation is 1. The maximum Gasteiger partial charge on any atom is 0.274 e. The molecule has 7 heteroatoms. The van der Waals surface area contributed by atoms with Crippen molar-refractivity contribution in [2.45, 2.75) is 13.8 Å². The van der Waals surface area contributed by atoms with Crippen molar-refractivity contribution in [3.63, 3.8) is 0 Å². The minimum absolute atomic E-state index is 0.241. The lowest BCUT2D eigenvalue weighted by Crippen LogP contribution is -2.15. The highest BCUT2D eigenvalue weighted by Gasteiger charge is 2.11. The van der Waals surface area contributed by atoms with Crippen LogP contribution in [0.15, 0.2) is 54.6 Å². The van der Waals surface area contributed by atoms with Gasteiger partial charge in [-0.2, -0.15) is 5.26 Å². The van der Waals surface area contributed by atoms with E-state index >= 15 is 0 Å². The monoisotopic (exact) mass is 373 g/mol. The molecule has 28 heavy (non-hydrogen) atoms. The van der Waals surface area contributed by atoms with Crippen LogP contribution in [0.1, 0.15) is 28.8 Å². The third kappa shape index (κ3) is 4.83. The molecule has 140 valence electrons.